The van der Waals surface area contributed by atoms with Crippen LogP contribution in [0.1, 0.15) is 36.2 Å². The van der Waals surface area contributed by atoms with Gasteiger partial charge in [0, 0.05) is 29.9 Å². The molecule has 2 aromatic heterocycles. The molecule has 0 aliphatic carbocycles. The highest BCUT2D eigenvalue weighted by atomic mass is 16.1. The molecule has 0 saturated heterocycles. The molecule has 0 unspecified atom stereocenters. The summed E-state index contributed by atoms with van der Waals surface area (Å²) in [5.74, 6) is -0.137. The van der Waals surface area contributed by atoms with Crippen LogP contribution in [0.5, 0.6) is 0 Å². The van der Waals surface area contributed by atoms with Gasteiger partial charge in [-0.2, -0.15) is 5.10 Å². The maximum Gasteiger partial charge on any atom is 0.253 e. The predicted molar refractivity (Wildman–Crippen MR) is 119 cm³/mol. The number of hydrogen-bond acceptors (Lipinski definition) is 3. The average Bonchev–Trinajstić information content (AvgIpc) is 3.20. The van der Waals surface area contributed by atoms with Crippen LogP contribution in [-0.2, 0) is 0 Å². The lowest BCUT2D eigenvalue weighted by atomic mass is 10.0. The third-order valence-corrected chi connectivity index (χ3v) is 4.94. The fourth-order valence-electron chi connectivity index (χ4n) is 3.08. The standard InChI is InChI=1S/C24H26N4O/c1-5-16(3)7-9-18(6-2)15-26-24(29)20-10-8-17(4)21-22(27-28-23(20)21)19-11-13-25-14-12-19/h6-14H,3,5,15H2,1-2,4H3,(H,26,29)(H,27,28)/b9-7-,18-6+. The van der Waals surface area contributed by atoms with Crippen LogP contribution in [0, 0.1) is 6.92 Å². The van der Waals surface area contributed by atoms with E-state index in [1.54, 1.807) is 12.4 Å². The first-order valence-corrected chi connectivity index (χ1v) is 9.72. The first-order valence-electron chi connectivity index (χ1n) is 9.72. The Balaban J connectivity index is 1.86. The lowest BCUT2D eigenvalue weighted by Gasteiger charge is -2.08. The van der Waals surface area contributed by atoms with Gasteiger partial charge < -0.3 is 5.32 Å². The van der Waals surface area contributed by atoms with Gasteiger partial charge in [-0.05, 0) is 49.6 Å². The van der Waals surface area contributed by atoms with Gasteiger partial charge >= 0.3 is 0 Å². The van der Waals surface area contributed by atoms with Crippen molar-refractivity contribution in [1.82, 2.24) is 20.5 Å². The van der Waals surface area contributed by atoms with Crippen molar-refractivity contribution in [3.05, 3.63) is 83.7 Å². The lowest BCUT2D eigenvalue weighted by Crippen LogP contribution is -2.25. The molecule has 0 fully saturated rings. The summed E-state index contributed by atoms with van der Waals surface area (Å²) in [6, 6.07) is 7.62. The Kier molecular flexibility index (Phi) is 6.39. The van der Waals surface area contributed by atoms with E-state index in [0.717, 1.165) is 45.3 Å². The zero-order valence-electron chi connectivity index (χ0n) is 17.1. The summed E-state index contributed by atoms with van der Waals surface area (Å²) in [5.41, 5.74) is 6.25. The number of carbonyl (C=O) groups excluding carboxylic acids is 1. The molecular weight excluding hydrogens is 360 g/mol. The minimum Gasteiger partial charge on any atom is -0.348 e. The van der Waals surface area contributed by atoms with Gasteiger partial charge in [-0.1, -0.05) is 43.4 Å². The van der Waals surface area contributed by atoms with E-state index in [4.69, 9.17) is 0 Å². The number of aromatic amines is 1. The molecule has 148 valence electrons. The summed E-state index contributed by atoms with van der Waals surface area (Å²) in [7, 11) is 0. The first-order chi connectivity index (χ1) is 14.0. The molecule has 3 aromatic rings. The second-order valence-corrected chi connectivity index (χ2v) is 6.88. The van der Waals surface area contributed by atoms with Gasteiger partial charge in [-0.15, -0.1) is 0 Å². The Morgan fingerprint density at radius 3 is 2.66 bits per heavy atom. The third-order valence-electron chi connectivity index (χ3n) is 4.94. The van der Waals surface area contributed by atoms with Crippen LogP contribution in [0.3, 0.4) is 0 Å². The SMILES string of the molecule is C=C(/C=C\C(=C/C)CNC(=O)c1ccc(C)c2c(-c3ccncc3)n[nH]c12)CC. The highest BCUT2D eigenvalue weighted by molar-refractivity contribution is 6.09. The van der Waals surface area contributed by atoms with E-state index < -0.39 is 0 Å². The molecule has 1 amide bonds. The van der Waals surface area contributed by atoms with Gasteiger partial charge in [0.25, 0.3) is 5.91 Å². The molecule has 2 heterocycles. The van der Waals surface area contributed by atoms with E-state index >= 15 is 0 Å². The number of rotatable bonds is 7. The van der Waals surface area contributed by atoms with Crippen molar-refractivity contribution in [2.75, 3.05) is 6.54 Å². The van der Waals surface area contributed by atoms with Crippen LogP contribution in [0.25, 0.3) is 22.2 Å². The second kappa shape index (κ2) is 9.15. The average molecular weight is 386 g/mol. The summed E-state index contributed by atoms with van der Waals surface area (Å²) in [4.78, 5) is 17.0. The smallest absolute Gasteiger partial charge is 0.253 e. The number of allylic oxidation sites excluding steroid dienone is 3. The zero-order valence-corrected chi connectivity index (χ0v) is 17.1. The number of benzene rings is 1. The Morgan fingerprint density at radius 1 is 1.21 bits per heavy atom. The van der Waals surface area contributed by atoms with Gasteiger partial charge in [0.05, 0.1) is 11.1 Å². The normalized spacial score (nSPS) is 11.9. The van der Waals surface area contributed by atoms with E-state index in [1.807, 2.05) is 56.3 Å². The largest absolute Gasteiger partial charge is 0.348 e. The number of fused-ring (bicyclic) bond motifs is 1. The highest BCUT2D eigenvalue weighted by Crippen LogP contribution is 2.30. The summed E-state index contributed by atoms with van der Waals surface area (Å²) in [6.45, 7) is 10.5. The number of nitrogens with zero attached hydrogens (tertiary/aromatic N) is 2. The molecule has 0 radical (unpaired) electrons. The third kappa shape index (κ3) is 4.51. The number of H-pyrrole nitrogens is 1. The minimum atomic E-state index is -0.137. The van der Waals surface area contributed by atoms with Gasteiger partial charge in [0.2, 0.25) is 0 Å². The molecular formula is C24H26N4O. The number of hydrogen-bond donors (Lipinski definition) is 2. The molecule has 5 heteroatoms. The van der Waals surface area contributed by atoms with Crippen LogP contribution in [0.4, 0.5) is 0 Å². The van der Waals surface area contributed by atoms with E-state index in [2.05, 4.69) is 34.0 Å². The van der Waals surface area contributed by atoms with Crippen molar-refractivity contribution >= 4 is 16.8 Å². The van der Waals surface area contributed by atoms with Gasteiger partial charge in [-0.25, -0.2) is 0 Å². The molecule has 29 heavy (non-hydrogen) atoms. The summed E-state index contributed by atoms with van der Waals surface area (Å²) in [6.07, 6.45) is 10.3. The first kappa shape index (κ1) is 20.3. The van der Waals surface area contributed by atoms with Crippen LogP contribution < -0.4 is 5.32 Å². The van der Waals surface area contributed by atoms with E-state index in [9.17, 15) is 4.79 Å². The highest BCUT2D eigenvalue weighted by Gasteiger charge is 2.17. The summed E-state index contributed by atoms with van der Waals surface area (Å²) < 4.78 is 0. The Bertz CT molecular complexity index is 1090. The number of nitrogens with one attached hydrogen (secondary N) is 2. The molecule has 0 aliphatic heterocycles. The number of aromatic nitrogens is 3. The fraction of sp³-hybridized carbons (Fsp3) is 0.208. The topological polar surface area (TPSA) is 70.7 Å². The lowest BCUT2D eigenvalue weighted by molar-refractivity contribution is 0.0958. The Hall–Kier alpha value is -3.47. The minimum absolute atomic E-state index is 0.137. The van der Waals surface area contributed by atoms with Crippen LogP contribution in [0.15, 0.2) is 72.6 Å². The quantitative estimate of drug-likeness (QED) is 0.553. The predicted octanol–water partition coefficient (Wildman–Crippen LogP) is 5.13. The van der Waals surface area contributed by atoms with E-state index in [1.165, 1.54) is 0 Å². The van der Waals surface area contributed by atoms with Crippen LogP contribution in [-0.4, -0.2) is 27.6 Å². The molecule has 3 rings (SSSR count). The van der Waals surface area contributed by atoms with Gasteiger partial charge in [0.1, 0.15) is 5.69 Å². The molecule has 0 spiro atoms. The molecule has 0 aliphatic rings. The molecule has 2 N–H and O–H groups in total. The van der Waals surface area contributed by atoms with Crippen molar-refractivity contribution in [3.63, 3.8) is 0 Å². The molecule has 0 atom stereocenters. The van der Waals surface area contributed by atoms with Crippen LogP contribution >= 0.6 is 0 Å². The van der Waals surface area contributed by atoms with Crippen molar-refractivity contribution in [3.8, 4) is 11.3 Å². The maximum absolute atomic E-state index is 12.9. The fourth-order valence-corrected chi connectivity index (χ4v) is 3.08. The maximum atomic E-state index is 12.9. The van der Waals surface area contributed by atoms with E-state index in [-0.39, 0.29) is 5.91 Å². The molecule has 5 nitrogen and oxygen atoms in total. The summed E-state index contributed by atoms with van der Waals surface area (Å²) >= 11 is 0. The molecule has 0 bridgehead atoms. The van der Waals surface area contributed by atoms with Crippen molar-refractivity contribution in [1.29, 1.82) is 0 Å². The second-order valence-electron chi connectivity index (χ2n) is 6.88. The van der Waals surface area contributed by atoms with E-state index in [0.29, 0.717) is 12.1 Å². The summed E-state index contributed by atoms with van der Waals surface area (Å²) in [5, 5.41) is 11.5. The number of aryl methyl sites for hydroxylation is 1. The molecule has 1 aromatic carbocycles. The number of pyridine rings is 1. The zero-order chi connectivity index (χ0) is 20.8. The van der Waals surface area contributed by atoms with Crippen molar-refractivity contribution < 1.29 is 4.79 Å². The molecule has 0 saturated carbocycles. The van der Waals surface area contributed by atoms with Gasteiger partial charge in [-0.3, -0.25) is 14.9 Å². The number of carbonyl (C=O) groups is 1. The van der Waals surface area contributed by atoms with Gasteiger partial charge in [0.15, 0.2) is 0 Å². The Morgan fingerprint density at radius 2 is 1.97 bits per heavy atom. The Labute approximate surface area is 171 Å². The number of amides is 1. The van der Waals surface area contributed by atoms with Crippen molar-refractivity contribution in [2.24, 2.45) is 0 Å². The van der Waals surface area contributed by atoms with Crippen molar-refractivity contribution in [2.45, 2.75) is 27.2 Å². The monoisotopic (exact) mass is 386 g/mol. The van der Waals surface area contributed by atoms with Crippen LogP contribution in [0.2, 0.25) is 0 Å².